The van der Waals surface area contributed by atoms with Gasteiger partial charge in [-0.2, -0.15) is 0 Å². The van der Waals surface area contributed by atoms with Gasteiger partial charge in [-0.15, -0.1) is 0 Å². The largest absolute Gasteiger partial charge is 0.507 e. The number of aromatic hydroxyl groups is 1. The second-order valence-electron chi connectivity index (χ2n) is 5.20. The maximum absolute atomic E-state index is 12.8. The van der Waals surface area contributed by atoms with Crippen molar-refractivity contribution < 1.29 is 9.90 Å². The van der Waals surface area contributed by atoms with Gasteiger partial charge in [-0.3, -0.25) is 4.79 Å². The summed E-state index contributed by atoms with van der Waals surface area (Å²) in [6.07, 6.45) is 3.04. The minimum absolute atomic E-state index is 0.0103. The van der Waals surface area contributed by atoms with E-state index in [0.717, 1.165) is 29.4 Å². The average Bonchev–Trinajstić information content (AvgIpc) is 2.69. The van der Waals surface area contributed by atoms with Crippen LogP contribution in [0.4, 0.5) is 5.69 Å². The maximum Gasteiger partial charge on any atom is 0.262 e. The number of nitrogens with zero attached hydrogens (tertiary/aromatic N) is 1. The number of hydrogen-bond donors (Lipinski definition) is 1. The number of aryl methyl sites for hydroxylation is 1. The van der Waals surface area contributed by atoms with E-state index in [0.29, 0.717) is 12.1 Å². The fraction of sp³-hybridized carbons (Fsp3) is 0.235. The summed E-state index contributed by atoms with van der Waals surface area (Å²) in [5.41, 5.74) is 2.50. The Labute approximate surface area is 132 Å². The first-order valence-corrected chi connectivity index (χ1v) is 7.84. The van der Waals surface area contributed by atoms with Crippen LogP contribution in [0, 0.1) is 0 Å². The fourth-order valence-corrected chi connectivity index (χ4v) is 3.08. The minimum atomic E-state index is -0.144. The van der Waals surface area contributed by atoms with Gasteiger partial charge in [-0.05, 0) is 49.1 Å². The highest BCUT2D eigenvalue weighted by atomic mass is 79.9. The number of halogens is 1. The topological polar surface area (TPSA) is 40.5 Å². The summed E-state index contributed by atoms with van der Waals surface area (Å²) < 4.78 is 0.757. The van der Waals surface area contributed by atoms with Crippen molar-refractivity contribution in [3.05, 3.63) is 58.1 Å². The Morgan fingerprint density at radius 2 is 1.95 bits per heavy atom. The van der Waals surface area contributed by atoms with Gasteiger partial charge in [0, 0.05) is 16.7 Å². The summed E-state index contributed by atoms with van der Waals surface area (Å²) >= 11 is 3.29. The average molecular weight is 346 g/mol. The number of fused-ring (bicyclic) bond motifs is 1. The van der Waals surface area contributed by atoms with Crippen molar-refractivity contribution in [2.45, 2.75) is 19.3 Å². The number of amides is 1. The molecule has 4 heteroatoms. The van der Waals surface area contributed by atoms with Crippen LogP contribution in [0.1, 0.15) is 28.8 Å². The number of carbonyl (C=O) groups is 1. The molecular formula is C17H16BrNO2. The second kappa shape index (κ2) is 5.90. The highest BCUT2D eigenvalue weighted by molar-refractivity contribution is 9.10. The van der Waals surface area contributed by atoms with Crippen molar-refractivity contribution in [3.8, 4) is 5.75 Å². The van der Waals surface area contributed by atoms with Crippen LogP contribution in [-0.2, 0) is 6.42 Å². The molecular weight excluding hydrogens is 330 g/mol. The van der Waals surface area contributed by atoms with Crippen LogP contribution in [0.2, 0.25) is 0 Å². The Hall–Kier alpha value is -1.81. The maximum atomic E-state index is 12.8. The first-order chi connectivity index (χ1) is 10.2. The Balaban J connectivity index is 2.01. The number of phenolic OH excluding ortho intramolecular Hbond substituents is 1. The summed E-state index contributed by atoms with van der Waals surface area (Å²) in [5, 5.41) is 10.0. The normalized spacial score (nSPS) is 14.4. The first kappa shape index (κ1) is 14.1. The van der Waals surface area contributed by atoms with Gasteiger partial charge in [0.15, 0.2) is 0 Å². The lowest BCUT2D eigenvalue weighted by Gasteiger charge is -2.23. The molecule has 2 aromatic rings. The van der Waals surface area contributed by atoms with Crippen molar-refractivity contribution in [2.24, 2.45) is 0 Å². The van der Waals surface area contributed by atoms with E-state index in [9.17, 15) is 9.90 Å². The van der Waals surface area contributed by atoms with Gasteiger partial charge in [0.2, 0.25) is 0 Å². The van der Waals surface area contributed by atoms with E-state index in [1.807, 2.05) is 18.2 Å². The van der Waals surface area contributed by atoms with Gasteiger partial charge >= 0.3 is 0 Å². The number of carbonyl (C=O) groups excluding carboxylic acids is 1. The Bertz CT molecular complexity index is 684. The van der Waals surface area contributed by atoms with E-state index in [1.54, 1.807) is 23.1 Å². The lowest BCUT2D eigenvalue weighted by molar-refractivity contribution is 0.0984. The number of hydrogen-bond acceptors (Lipinski definition) is 2. The van der Waals surface area contributed by atoms with Crippen molar-refractivity contribution in [1.82, 2.24) is 0 Å². The predicted octanol–water partition coefficient (Wildman–Crippen LogP) is 4.14. The molecule has 0 atom stereocenters. The molecule has 1 N–H and O–H groups in total. The zero-order chi connectivity index (χ0) is 14.8. The van der Waals surface area contributed by atoms with Crippen LogP contribution in [0.15, 0.2) is 46.9 Å². The Morgan fingerprint density at radius 3 is 2.76 bits per heavy atom. The lowest BCUT2D eigenvalue weighted by atomic mass is 10.1. The second-order valence-corrected chi connectivity index (χ2v) is 6.12. The number of para-hydroxylation sites is 1. The lowest BCUT2D eigenvalue weighted by Crippen LogP contribution is -2.31. The molecule has 2 aromatic carbocycles. The third kappa shape index (κ3) is 2.81. The molecule has 0 saturated heterocycles. The zero-order valence-electron chi connectivity index (χ0n) is 11.6. The number of benzene rings is 2. The molecule has 0 aromatic heterocycles. The quantitative estimate of drug-likeness (QED) is 0.843. The summed E-state index contributed by atoms with van der Waals surface area (Å²) in [7, 11) is 0. The van der Waals surface area contributed by atoms with Crippen LogP contribution in [-0.4, -0.2) is 17.6 Å². The monoisotopic (exact) mass is 345 g/mol. The molecule has 3 nitrogen and oxygen atoms in total. The van der Waals surface area contributed by atoms with E-state index >= 15 is 0 Å². The van der Waals surface area contributed by atoms with Gasteiger partial charge in [0.25, 0.3) is 5.91 Å². The zero-order valence-corrected chi connectivity index (χ0v) is 13.1. The highest BCUT2D eigenvalue weighted by Gasteiger charge is 2.23. The highest BCUT2D eigenvalue weighted by Crippen LogP contribution is 2.30. The van der Waals surface area contributed by atoms with Crippen LogP contribution in [0.25, 0.3) is 0 Å². The number of rotatable bonds is 1. The molecule has 0 unspecified atom stereocenters. The molecule has 108 valence electrons. The van der Waals surface area contributed by atoms with Gasteiger partial charge in [-0.1, -0.05) is 34.1 Å². The van der Waals surface area contributed by atoms with Gasteiger partial charge in [-0.25, -0.2) is 0 Å². The third-order valence-electron chi connectivity index (χ3n) is 3.80. The summed E-state index contributed by atoms with van der Waals surface area (Å²) in [4.78, 5) is 14.6. The molecule has 0 saturated carbocycles. The third-order valence-corrected chi connectivity index (χ3v) is 4.29. The van der Waals surface area contributed by atoms with Crippen LogP contribution >= 0.6 is 15.9 Å². The van der Waals surface area contributed by atoms with E-state index in [2.05, 4.69) is 22.0 Å². The molecule has 1 aliphatic rings. The molecule has 1 heterocycles. The molecule has 0 spiro atoms. The standard InChI is InChI=1S/C17H16BrNO2/c18-13-8-9-14(16(20)11-13)17(21)19-10-4-3-6-12-5-1-2-7-15(12)19/h1-2,5,7-9,11,20H,3-4,6,10H2. The van der Waals surface area contributed by atoms with E-state index in [-0.39, 0.29) is 11.7 Å². The summed E-state index contributed by atoms with van der Waals surface area (Å²) in [6.45, 7) is 0.686. The minimum Gasteiger partial charge on any atom is -0.507 e. The van der Waals surface area contributed by atoms with Gasteiger partial charge in [0.1, 0.15) is 5.75 Å². The molecule has 21 heavy (non-hydrogen) atoms. The van der Waals surface area contributed by atoms with Crippen molar-refractivity contribution in [3.63, 3.8) is 0 Å². The molecule has 0 aliphatic carbocycles. The van der Waals surface area contributed by atoms with Crippen LogP contribution < -0.4 is 4.90 Å². The molecule has 0 fully saturated rings. The van der Waals surface area contributed by atoms with Crippen LogP contribution in [0.5, 0.6) is 5.75 Å². The molecule has 0 radical (unpaired) electrons. The van der Waals surface area contributed by atoms with Crippen LogP contribution in [0.3, 0.4) is 0 Å². The summed E-state index contributed by atoms with van der Waals surface area (Å²) in [6, 6.07) is 13.0. The molecule has 1 amide bonds. The summed E-state index contributed by atoms with van der Waals surface area (Å²) in [5.74, 6) is -0.134. The molecule has 1 aliphatic heterocycles. The Kier molecular flexibility index (Phi) is 3.97. The first-order valence-electron chi connectivity index (χ1n) is 7.05. The van der Waals surface area contributed by atoms with Gasteiger partial charge in [0.05, 0.1) is 5.56 Å². The number of phenols is 1. The smallest absolute Gasteiger partial charge is 0.262 e. The van der Waals surface area contributed by atoms with E-state index < -0.39 is 0 Å². The molecule has 3 rings (SSSR count). The van der Waals surface area contributed by atoms with E-state index in [4.69, 9.17) is 0 Å². The SMILES string of the molecule is O=C(c1ccc(Br)cc1O)N1CCCCc2ccccc21. The van der Waals surface area contributed by atoms with Crippen molar-refractivity contribution >= 4 is 27.5 Å². The predicted molar refractivity (Wildman–Crippen MR) is 86.9 cm³/mol. The van der Waals surface area contributed by atoms with Crippen molar-refractivity contribution in [1.29, 1.82) is 0 Å². The molecule has 0 bridgehead atoms. The van der Waals surface area contributed by atoms with E-state index in [1.165, 1.54) is 5.56 Å². The van der Waals surface area contributed by atoms with Gasteiger partial charge < -0.3 is 10.0 Å². The number of anilines is 1. The fourth-order valence-electron chi connectivity index (χ4n) is 2.73. The van der Waals surface area contributed by atoms with Crippen molar-refractivity contribution in [2.75, 3.05) is 11.4 Å². The Morgan fingerprint density at radius 1 is 1.14 bits per heavy atom.